The first-order chi connectivity index (χ1) is 5.00. The molecular weight excluding hydrogens is 156 g/mol. The lowest BCUT2D eigenvalue weighted by atomic mass is 10.2. The van der Waals surface area contributed by atoms with E-state index in [1.807, 2.05) is 31.2 Å². The number of hydrogen-bond acceptors (Lipinski definition) is 1. The molecule has 2 heteroatoms. The SMILES string of the molecule is [CH]S(C)(O)c1ccc(C)cc1. The predicted molar refractivity (Wildman–Crippen MR) is 49.9 cm³/mol. The van der Waals surface area contributed by atoms with Crippen molar-refractivity contribution in [3.8, 4) is 0 Å². The van der Waals surface area contributed by atoms with Gasteiger partial charge in [0.25, 0.3) is 0 Å². The molecule has 0 amide bonds. The lowest BCUT2D eigenvalue weighted by molar-refractivity contribution is 0.640. The molecule has 1 nitrogen and oxygen atoms in total. The lowest BCUT2D eigenvalue weighted by Crippen LogP contribution is -1.90. The van der Waals surface area contributed by atoms with Crippen molar-refractivity contribution in [2.75, 3.05) is 6.26 Å². The van der Waals surface area contributed by atoms with Crippen molar-refractivity contribution in [2.24, 2.45) is 0 Å². The molecule has 0 heterocycles. The quantitative estimate of drug-likeness (QED) is 0.683. The molecule has 0 fully saturated rings. The summed E-state index contributed by atoms with van der Waals surface area (Å²) in [5, 5.41) is 0. The van der Waals surface area contributed by atoms with Crippen LogP contribution in [0.25, 0.3) is 0 Å². The van der Waals surface area contributed by atoms with Crippen molar-refractivity contribution in [3.63, 3.8) is 0 Å². The summed E-state index contributed by atoms with van der Waals surface area (Å²) in [6.07, 6.45) is 7.20. The maximum atomic E-state index is 9.44. The van der Waals surface area contributed by atoms with Gasteiger partial charge in [0.2, 0.25) is 0 Å². The number of rotatable bonds is 1. The van der Waals surface area contributed by atoms with E-state index >= 15 is 0 Å². The molecule has 0 aliphatic carbocycles. The van der Waals surface area contributed by atoms with Crippen molar-refractivity contribution in [1.29, 1.82) is 0 Å². The highest BCUT2D eigenvalue weighted by Crippen LogP contribution is 2.46. The van der Waals surface area contributed by atoms with E-state index < -0.39 is 10.3 Å². The molecule has 0 saturated carbocycles. The van der Waals surface area contributed by atoms with Gasteiger partial charge >= 0.3 is 0 Å². The van der Waals surface area contributed by atoms with E-state index in [9.17, 15) is 4.55 Å². The van der Waals surface area contributed by atoms with Gasteiger partial charge in [-0.1, -0.05) is 17.7 Å². The minimum absolute atomic E-state index is 0.822. The Morgan fingerprint density at radius 3 is 2.09 bits per heavy atom. The van der Waals surface area contributed by atoms with Gasteiger partial charge in [0.05, 0.1) is 0 Å². The van der Waals surface area contributed by atoms with Gasteiger partial charge in [-0.2, -0.15) is 0 Å². The van der Waals surface area contributed by atoms with E-state index in [1.165, 1.54) is 5.56 Å². The molecule has 0 aromatic heterocycles. The van der Waals surface area contributed by atoms with Crippen molar-refractivity contribution >= 4 is 10.3 Å². The van der Waals surface area contributed by atoms with Crippen LogP contribution >= 0.6 is 10.3 Å². The Morgan fingerprint density at radius 1 is 1.27 bits per heavy atom. The van der Waals surface area contributed by atoms with Gasteiger partial charge in [-0.05, 0) is 25.3 Å². The second kappa shape index (κ2) is 2.88. The molecule has 1 aromatic carbocycles. The van der Waals surface area contributed by atoms with Crippen LogP contribution in [0.3, 0.4) is 0 Å². The molecule has 0 bridgehead atoms. The third-order valence-electron chi connectivity index (χ3n) is 1.50. The molecule has 11 heavy (non-hydrogen) atoms. The zero-order chi connectivity index (χ0) is 8.48. The monoisotopic (exact) mass is 168 g/mol. The molecule has 0 spiro atoms. The van der Waals surface area contributed by atoms with Gasteiger partial charge in [0, 0.05) is 11.2 Å². The minimum Gasteiger partial charge on any atom is -0.347 e. The van der Waals surface area contributed by atoms with E-state index in [-0.39, 0.29) is 0 Å². The summed E-state index contributed by atoms with van der Waals surface area (Å²) in [6.45, 7) is 2.00. The Hall–Kier alpha value is -0.470. The Bertz CT molecular complexity index is 233. The van der Waals surface area contributed by atoms with Gasteiger partial charge in [0.15, 0.2) is 0 Å². The van der Waals surface area contributed by atoms with Crippen molar-refractivity contribution in [2.45, 2.75) is 11.8 Å². The standard InChI is InChI=1S/C9H12OS/c1-8-4-6-9(7-5-8)11(2,3)10/h2,4-7,10H,1,3H3. The van der Waals surface area contributed by atoms with Crippen LogP contribution in [0.2, 0.25) is 0 Å². The fraction of sp³-hybridized carbons (Fsp3) is 0.222. The van der Waals surface area contributed by atoms with Gasteiger partial charge in [0.1, 0.15) is 0 Å². The molecular formula is C9H12OS. The van der Waals surface area contributed by atoms with Crippen LogP contribution in [0, 0.1) is 13.2 Å². The van der Waals surface area contributed by atoms with Crippen LogP contribution in [0.4, 0.5) is 0 Å². The molecule has 0 aliphatic heterocycles. The summed E-state index contributed by atoms with van der Waals surface area (Å²) in [6, 6.07) is 7.63. The van der Waals surface area contributed by atoms with E-state index in [0.29, 0.717) is 0 Å². The van der Waals surface area contributed by atoms with E-state index in [1.54, 1.807) is 6.26 Å². The predicted octanol–water partition coefficient (Wildman–Crippen LogP) is 2.93. The van der Waals surface area contributed by atoms with Gasteiger partial charge in [-0.25, -0.2) is 0 Å². The molecule has 1 rings (SSSR count). The zero-order valence-electron chi connectivity index (χ0n) is 6.74. The smallest absolute Gasteiger partial charge is 0.0418 e. The number of benzene rings is 1. The van der Waals surface area contributed by atoms with Crippen LogP contribution < -0.4 is 0 Å². The van der Waals surface area contributed by atoms with E-state index in [0.717, 1.165) is 4.90 Å². The largest absolute Gasteiger partial charge is 0.347 e. The summed E-state index contributed by atoms with van der Waals surface area (Å²) >= 11 is 0. The Morgan fingerprint density at radius 2 is 1.73 bits per heavy atom. The second-order valence-electron chi connectivity index (χ2n) is 2.75. The molecule has 1 aromatic rings. The summed E-state index contributed by atoms with van der Waals surface area (Å²) in [7, 11) is -2.02. The highest BCUT2D eigenvalue weighted by molar-refractivity contribution is 8.29. The highest BCUT2D eigenvalue weighted by Gasteiger charge is 2.08. The Labute approximate surface area is 69.6 Å². The van der Waals surface area contributed by atoms with Gasteiger partial charge < -0.3 is 4.55 Å². The summed E-state index contributed by atoms with van der Waals surface area (Å²) in [4.78, 5) is 0.822. The van der Waals surface area contributed by atoms with Crippen LogP contribution in [-0.4, -0.2) is 10.8 Å². The first-order valence-electron chi connectivity index (χ1n) is 3.35. The van der Waals surface area contributed by atoms with Crippen LogP contribution in [0.15, 0.2) is 29.2 Å². The molecule has 0 aliphatic rings. The topological polar surface area (TPSA) is 20.2 Å². The van der Waals surface area contributed by atoms with Crippen LogP contribution in [-0.2, 0) is 0 Å². The van der Waals surface area contributed by atoms with Crippen LogP contribution in [0.5, 0.6) is 0 Å². The fourth-order valence-electron chi connectivity index (χ4n) is 0.814. The summed E-state index contributed by atoms with van der Waals surface area (Å²) in [5.41, 5.74) is 1.18. The normalized spacial score (nSPS) is 13.1. The molecule has 2 radical (unpaired) electrons. The number of hydrogen-bond donors (Lipinski definition) is 1. The maximum Gasteiger partial charge on any atom is 0.0418 e. The van der Waals surface area contributed by atoms with Gasteiger partial charge in [-0.3, -0.25) is 0 Å². The van der Waals surface area contributed by atoms with E-state index in [2.05, 4.69) is 0 Å². The highest BCUT2D eigenvalue weighted by atomic mass is 32.3. The summed E-state index contributed by atoms with van der Waals surface area (Å²) < 4.78 is 9.44. The first kappa shape index (κ1) is 8.62. The first-order valence-corrected chi connectivity index (χ1v) is 5.41. The van der Waals surface area contributed by atoms with Crippen molar-refractivity contribution in [3.05, 3.63) is 36.1 Å². The molecule has 1 unspecified atom stereocenters. The van der Waals surface area contributed by atoms with Crippen LogP contribution in [0.1, 0.15) is 5.56 Å². The average Bonchev–Trinajstić information content (AvgIpc) is 1.86. The maximum absolute atomic E-state index is 9.44. The molecule has 0 saturated heterocycles. The van der Waals surface area contributed by atoms with Gasteiger partial charge in [-0.15, -0.1) is 10.3 Å². The molecule has 1 atom stereocenters. The zero-order valence-corrected chi connectivity index (χ0v) is 7.56. The fourth-order valence-corrected chi connectivity index (χ4v) is 1.50. The Kier molecular flexibility index (Phi) is 2.25. The van der Waals surface area contributed by atoms with Crippen molar-refractivity contribution in [1.82, 2.24) is 0 Å². The minimum atomic E-state index is -2.02. The average molecular weight is 168 g/mol. The third kappa shape index (κ3) is 2.24. The number of aryl methyl sites for hydroxylation is 1. The molecule has 1 N–H and O–H groups in total. The Balaban J connectivity index is 2.99. The third-order valence-corrected chi connectivity index (χ3v) is 2.72. The lowest BCUT2D eigenvalue weighted by Gasteiger charge is -2.22. The van der Waals surface area contributed by atoms with E-state index in [4.69, 9.17) is 6.26 Å². The summed E-state index contributed by atoms with van der Waals surface area (Å²) in [5.74, 6) is 0. The second-order valence-corrected chi connectivity index (χ2v) is 5.10. The molecule has 60 valence electrons. The van der Waals surface area contributed by atoms with Crippen molar-refractivity contribution < 1.29 is 4.55 Å².